The standard InChI is InChI=1S/C29H32Cl2FN3O4S/c1-5-20(3)33-29(37)21(4)34(17-22-8-15-26(30)27(31)16-22)28(36)18-35(24-11-9-23(32)10-12-24)40(38,39)25-13-6-19(2)7-14-25/h6-16,20-21H,5,17-18H2,1-4H3,(H,33,37). The maximum absolute atomic E-state index is 13.9. The normalized spacial score (nSPS) is 12.9. The number of carbonyl (C=O) groups is 2. The molecule has 0 aromatic heterocycles. The van der Waals surface area contributed by atoms with Crippen LogP contribution in [0.5, 0.6) is 0 Å². The Morgan fingerprint density at radius 1 is 0.950 bits per heavy atom. The third kappa shape index (κ3) is 7.74. The van der Waals surface area contributed by atoms with E-state index in [-0.39, 0.29) is 28.2 Å². The van der Waals surface area contributed by atoms with Gasteiger partial charge in [-0.3, -0.25) is 13.9 Å². The van der Waals surface area contributed by atoms with Crippen molar-refractivity contribution in [3.8, 4) is 0 Å². The van der Waals surface area contributed by atoms with Crippen molar-refractivity contribution in [2.24, 2.45) is 0 Å². The molecule has 0 aliphatic heterocycles. The molecule has 0 aliphatic rings. The van der Waals surface area contributed by atoms with Crippen molar-refractivity contribution < 1.29 is 22.4 Å². The number of sulfonamides is 1. The molecule has 0 bridgehead atoms. The Balaban J connectivity index is 2.03. The van der Waals surface area contributed by atoms with Crippen molar-refractivity contribution in [2.45, 2.75) is 57.6 Å². The van der Waals surface area contributed by atoms with Gasteiger partial charge in [-0.25, -0.2) is 12.8 Å². The zero-order valence-electron chi connectivity index (χ0n) is 22.7. The Labute approximate surface area is 244 Å². The van der Waals surface area contributed by atoms with E-state index in [1.165, 1.54) is 29.2 Å². The molecule has 3 aromatic rings. The van der Waals surface area contributed by atoms with Crippen molar-refractivity contribution in [1.82, 2.24) is 10.2 Å². The number of nitrogens with one attached hydrogen (secondary N) is 1. The number of hydrogen-bond donors (Lipinski definition) is 1. The molecular weight excluding hydrogens is 576 g/mol. The highest BCUT2D eigenvalue weighted by molar-refractivity contribution is 7.92. The summed E-state index contributed by atoms with van der Waals surface area (Å²) in [5.74, 6) is -1.59. The van der Waals surface area contributed by atoms with Crippen LogP contribution in [0.2, 0.25) is 10.0 Å². The first kappa shape index (κ1) is 31.4. The molecule has 11 heteroatoms. The van der Waals surface area contributed by atoms with Crippen molar-refractivity contribution in [3.63, 3.8) is 0 Å². The van der Waals surface area contributed by atoms with E-state index in [4.69, 9.17) is 23.2 Å². The van der Waals surface area contributed by atoms with E-state index in [1.807, 2.05) is 20.8 Å². The van der Waals surface area contributed by atoms with Gasteiger partial charge in [0.15, 0.2) is 0 Å². The minimum Gasteiger partial charge on any atom is -0.352 e. The van der Waals surface area contributed by atoms with Gasteiger partial charge in [-0.05, 0) is 81.3 Å². The maximum Gasteiger partial charge on any atom is 0.264 e. The van der Waals surface area contributed by atoms with Crippen LogP contribution in [0.25, 0.3) is 0 Å². The zero-order valence-corrected chi connectivity index (χ0v) is 25.0. The molecule has 0 spiro atoms. The van der Waals surface area contributed by atoms with Gasteiger partial charge in [0.2, 0.25) is 11.8 Å². The summed E-state index contributed by atoms with van der Waals surface area (Å²) < 4.78 is 42.2. The highest BCUT2D eigenvalue weighted by atomic mass is 35.5. The van der Waals surface area contributed by atoms with Crippen LogP contribution in [0.15, 0.2) is 71.6 Å². The molecule has 0 fully saturated rings. The van der Waals surface area contributed by atoms with Gasteiger partial charge in [-0.15, -0.1) is 0 Å². The summed E-state index contributed by atoms with van der Waals surface area (Å²) in [6.07, 6.45) is 0.687. The highest BCUT2D eigenvalue weighted by Gasteiger charge is 2.33. The van der Waals surface area contributed by atoms with Crippen LogP contribution in [0.4, 0.5) is 10.1 Å². The lowest BCUT2D eigenvalue weighted by molar-refractivity contribution is -0.139. The molecule has 7 nitrogen and oxygen atoms in total. The minimum atomic E-state index is -4.24. The van der Waals surface area contributed by atoms with Crippen molar-refractivity contribution >= 4 is 50.7 Å². The minimum absolute atomic E-state index is 0.0335. The summed E-state index contributed by atoms with van der Waals surface area (Å²) in [4.78, 5) is 28.2. The van der Waals surface area contributed by atoms with Crippen LogP contribution in [0.1, 0.15) is 38.3 Å². The van der Waals surface area contributed by atoms with Gasteiger partial charge in [-0.2, -0.15) is 0 Å². The Morgan fingerprint density at radius 3 is 2.15 bits per heavy atom. The average molecular weight is 609 g/mol. The van der Waals surface area contributed by atoms with E-state index in [2.05, 4.69) is 5.32 Å². The van der Waals surface area contributed by atoms with Gasteiger partial charge in [0.1, 0.15) is 18.4 Å². The van der Waals surface area contributed by atoms with E-state index in [9.17, 15) is 22.4 Å². The molecule has 1 N–H and O–H groups in total. The lowest BCUT2D eigenvalue weighted by Crippen LogP contribution is -2.52. The zero-order chi connectivity index (χ0) is 29.6. The van der Waals surface area contributed by atoms with Crippen molar-refractivity contribution in [1.29, 1.82) is 0 Å². The molecular formula is C29H32Cl2FN3O4S. The molecule has 0 aliphatic carbocycles. The summed E-state index contributed by atoms with van der Waals surface area (Å²) >= 11 is 12.2. The largest absolute Gasteiger partial charge is 0.352 e. The molecule has 2 atom stereocenters. The first-order valence-corrected chi connectivity index (χ1v) is 14.9. The first-order valence-electron chi connectivity index (χ1n) is 12.7. The number of rotatable bonds is 11. The Kier molecular flexibility index (Phi) is 10.6. The average Bonchev–Trinajstić information content (AvgIpc) is 2.92. The van der Waals surface area contributed by atoms with Gasteiger partial charge in [0, 0.05) is 12.6 Å². The van der Waals surface area contributed by atoms with Gasteiger partial charge >= 0.3 is 0 Å². The summed E-state index contributed by atoms with van der Waals surface area (Å²) in [7, 11) is -4.24. The molecule has 214 valence electrons. The number of halogens is 3. The monoisotopic (exact) mass is 607 g/mol. The molecule has 40 heavy (non-hydrogen) atoms. The number of benzene rings is 3. The summed E-state index contributed by atoms with van der Waals surface area (Å²) in [5.41, 5.74) is 1.56. The SMILES string of the molecule is CCC(C)NC(=O)C(C)N(Cc1ccc(Cl)c(Cl)c1)C(=O)CN(c1ccc(F)cc1)S(=O)(=O)c1ccc(C)cc1. The smallest absolute Gasteiger partial charge is 0.264 e. The van der Waals surface area contributed by atoms with E-state index in [1.54, 1.807) is 37.3 Å². The maximum atomic E-state index is 13.9. The molecule has 2 unspecified atom stereocenters. The summed E-state index contributed by atoms with van der Waals surface area (Å²) in [6, 6.07) is 14.8. The molecule has 3 rings (SSSR count). The van der Waals surface area contributed by atoms with Gasteiger partial charge in [0.05, 0.1) is 20.6 Å². The predicted octanol–water partition coefficient (Wildman–Crippen LogP) is 5.97. The van der Waals surface area contributed by atoms with Crippen LogP contribution < -0.4 is 9.62 Å². The van der Waals surface area contributed by atoms with Crippen LogP contribution in [-0.2, 0) is 26.2 Å². The van der Waals surface area contributed by atoms with Crippen molar-refractivity contribution in [3.05, 3.63) is 93.7 Å². The van der Waals surface area contributed by atoms with Gasteiger partial charge in [-0.1, -0.05) is 53.9 Å². The van der Waals surface area contributed by atoms with Crippen LogP contribution in [0, 0.1) is 12.7 Å². The van der Waals surface area contributed by atoms with Crippen LogP contribution in [-0.4, -0.2) is 43.8 Å². The summed E-state index contributed by atoms with van der Waals surface area (Å²) in [5, 5.41) is 3.48. The van der Waals surface area contributed by atoms with E-state index < -0.39 is 40.2 Å². The predicted molar refractivity (Wildman–Crippen MR) is 156 cm³/mol. The van der Waals surface area contributed by atoms with E-state index in [0.717, 1.165) is 22.0 Å². The molecule has 0 heterocycles. The highest BCUT2D eigenvalue weighted by Crippen LogP contribution is 2.27. The number of anilines is 1. The number of hydrogen-bond acceptors (Lipinski definition) is 4. The molecule has 3 aromatic carbocycles. The molecule has 0 radical (unpaired) electrons. The van der Waals surface area contributed by atoms with E-state index >= 15 is 0 Å². The second-order valence-corrected chi connectivity index (χ2v) is 12.2. The van der Waals surface area contributed by atoms with Gasteiger partial charge < -0.3 is 10.2 Å². The van der Waals surface area contributed by atoms with Crippen LogP contribution in [0.3, 0.4) is 0 Å². The first-order chi connectivity index (χ1) is 18.8. The Bertz CT molecular complexity index is 1450. The van der Waals surface area contributed by atoms with E-state index in [0.29, 0.717) is 17.0 Å². The lowest BCUT2D eigenvalue weighted by atomic mass is 10.1. The fourth-order valence-corrected chi connectivity index (χ4v) is 5.59. The fourth-order valence-electron chi connectivity index (χ4n) is 3.86. The summed E-state index contributed by atoms with van der Waals surface area (Å²) in [6.45, 7) is 6.50. The number of carbonyl (C=O) groups excluding carboxylic acids is 2. The number of aryl methyl sites for hydroxylation is 1. The van der Waals surface area contributed by atoms with Crippen LogP contribution >= 0.6 is 23.2 Å². The second kappa shape index (κ2) is 13.5. The second-order valence-electron chi connectivity index (χ2n) is 9.57. The third-order valence-electron chi connectivity index (χ3n) is 6.51. The number of amides is 2. The quantitative estimate of drug-likeness (QED) is 0.291. The van der Waals surface area contributed by atoms with Gasteiger partial charge in [0.25, 0.3) is 10.0 Å². The fraction of sp³-hybridized carbons (Fsp3) is 0.310. The molecule has 2 amide bonds. The third-order valence-corrected chi connectivity index (χ3v) is 9.03. The van der Waals surface area contributed by atoms with Crippen molar-refractivity contribution in [2.75, 3.05) is 10.8 Å². The lowest BCUT2D eigenvalue weighted by Gasteiger charge is -2.32. The molecule has 0 saturated heterocycles. The number of nitrogens with zero attached hydrogens (tertiary/aromatic N) is 2. The Hall–Kier alpha value is -3.14. The molecule has 0 saturated carbocycles. The Morgan fingerprint density at radius 2 is 1.57 bits per heavy atom. The topological polar surface area (TPSA) is 86.8 Å².